The number of nitro groups is 1. The van der Waals surface area contributed by atoms with Gasteiger partial charge in [-0.3, -0.25) is 24.6 Å². The summed E-state index contributed by atoms with van der Waals surface area (Å²) in [5.74, 6) is -0.678. The fourth-order valence-corrected chi connectivity index (χ4v) is 2.95. The third kappa shape index (κ3) is 4.28. The summed E-state index contributed by atoms with van der Waals surface area (Å²) < 4.78 is 10.9. The van der Waals surface area contributed by atoms with Gasteiger partial charge in [-0.25, -0.2) is 0 Å². The van der Waals surface area contributed by atoms with Gasteiger partial charge in [0, 0.05) is 18.6 Å². The average Bonchev–Trinajstić information content (AvgIpc) is 2.70. The maximum atomic E-state index is 12.7. The molecule has 2 aromatic rings. The summed E-state index contributed by atoms with van der Waals surface area (Å²) in [6.45, 7) is 1.64. The molecule has 0 spiro atoms. The van der Waals surface area contributed by atoms with E-state index in [9.17, 15) is 19.7 Å². The third-order valence-corrected chi connectivity index (χ3v) is 4.41. The van der Waals surface area contributed by atoms with Gasteiger partial charge in [0.15, 0.2) is 6.10 Å². The second kappa shape index (κ2) is 8.51. The van der Waals surface area contributed by atoms with Crippen LogP contribution in [-0.4, -0.2) is 36.1 Å². The second-order valence-electron chi connectivity index (χ2n) is 6.30. The molecule has 0 bridgehead atoms. The topological polar surface area (TPSA) is 99.0 Å². The molecule has 8 heteroatoms. The molecule has 2 aromatic carbocycles. The number of nitrogens with zero attached hydrogens (tertiary/aromatic N) is 2. The first kappa shape index (κ1) is 19.3. The molecule has 146 valence electrons. The van der Waals surface area contributed by atoms with Crippen LogP contribution >= 0.6 is 0 Å². The van der Waals surface area contributed by atoms with Gasteiger partial charge in [0.1, 0.15) is 12.3 Å². The maximum Gasteiger partial charge on any atom is 0.326 e. The highest BCUT2D eigenvalue weighted by Gasteiger charge is 2.35. The first-order chi connectivity index (χ1) is 13.5. The van der Waals surface area contributed by atoms with Crippen LogP contribution in [0.25, 0.3) is 0 Å². The molecule has 3 rings (SSSR count). The number of carbonyl (C=O) groups excluding carboxylic acids is 2. The van der Waals surface area contributed by atoms with E-state index < -0.39 is 22.9 Å². The van der Waals surface area contributed by atoms with Gasteiger partial charge < -0.3 is 9.47 Å². The lowest BCUT2D eigenvalue weighted by molar-refractivity contribution is -0.384. The number of hydrogen-bond acceptors (Lipinski definition) is 6. The van der Waals surface area contributed by atoms with Crippen LogP contribution in [0.5, 0.6) is 5.75 Å². The highest BCUT2D eigenvalue weighted by atomic mass is 16.6. The molecule has 28 heavy (non-hydrogen) atoms. The third-order valence-electron chi connectivity index (χ3n) is 4.41. The number of non-ortho nitro benzene ring substituents is 1. The largest absolute Gasteiger partial charge is 0.478 e. The Labute approximate surface area is 161 Å². The Hall–Kier alpha value is -3.42. The van der Waals surface area contributed by atoms with Crippen molar-refractivity contribution in [3.05, 3.63) is 64.2 Å². The van der Waals surface area contributed by atoms with Crippen LogP contribution in [0.2, 0.25) is 0 Å². The summed E-state index contributed by atoms with van der Waals surface area (Å²) in [7, 11) is 0. The van der Waals surface area contributed by atoms with Crippen LogP contribution in [0.4, 0.5) is 11.4 Å². The van der Waals surface area contributed by atoms with Gasteiger partial charge in [0.2, 0.25) is 0 Å². The van der Waals surface area contributed by atoms with Gasteiger partial charge in [-0.2, -0.15) is 0 Å². The molecule has 8 nitrogen and oxygen atoms in total. The van der Waals surface area contributed by atoms with Crippen LogP contribution in [-0.2, 0) is 20.7 Å². The predicted octanol–water partition coefficient (Wildman–Crippen LogP) is 2.88. The zero-order valence-corrected chi connectivity index (χ0v) is 15.4. The number of rotatable bonds is 7. The second-order valence-corrected chi connectivity index (χ2v) is 6.30. The van der Waals surface area contributed by atoms with Crippen LogP contribution in [0.1, 0.15) is 18.9 Å². The lowest BCUT2D eigenvalue weighted by atomic mass is 10.1. The van der Waals surface area contributed by atoms with Crippen molar-refractivity contribution >= 4 is 23.3 Å². The van der Waals surface area contributed by atoms with Crippen molar-refractivity contribution in [2.45, 2.75) is 25.9 Å². The number of anilines is 1. The maximum absolute atomic E-state index is 12.7. The van der Waals surface area contributed by atoms with E-state index in [2.05, 4.69) is 0 Å². The molecule has 0 fully saturated rings. The van der Waals surface area contributed by atoms with E-state index in [1.165, 1.54) is 23.1 Å². The van der Waals surface area contributed by atoms with E-state index in [0.29, 0.717) is 18.6 Å². The van der Waals surface area contributed by atoms with Gasteiger partial charge in [0.25, 0.3) is 11.6 Å². The smallest absolute Gasteiger partial charge is 0.326 e. The highest BCUT2D eigenvalue weighted by molar-refractivity contribution is 6.03. The number of esters is 1. The summed E-state index contributed by atoms with van der Waals surface area (Å²) in [4.78, 5) is 36.6. The molecule has 1 aliphatic heterocycles. The lowest BCUT2D eigenvalue weighted by Gasteiger charge is -2.33. The Morgan fingerprint density at radius 2 is 2.00 bits per heavy atom. The molecule has 0 N–H and O–H groups in total. The summed E-state index contributed by atoms with van der Waals surface area (Å²) >= 11 is 0. The quantitative estimate of drug-likeness (QED) is 0.413. The fourth-order valence-electron chi connectivity index (χ4n) is 2.95. The predicted molar refractivity (Wildman–Crippen MR) is 101 cm³/mol. The lowest BCUT2D eigenvalue weighted by Crippen LogP contribution is -2.48. The van der Waals surface area contributed by atoms with Crippen LogP contribution in [0, 0.1) is 10.1 Å². The Kier molecular flexibility index (Phi) is 5.88. The van der Waals surface area contributed by atoms with Crippen molar-refractivity contribution < 1.29 is 24.0 Å². The first-order valence-electron chi connectivity index (χ1n) is 8.95. The molecule has 1 amide bonds. The van der Waals surface area contributed by atoms with Gasteiger partial charge in [-0.1, -0.05) is 37.3 Å². The number of benzene rings is 2. The number of ether oxygens (including phenoxy) is 2. The van der Waals surface area contributed by atoms with Crippen LogP contribution < -0.4 is 9.64 Å². The van der Waals surface area contributed by atoms with E-state index in [4.69, 9.17) is 9.47 Å². The molecule has 1 atom stereocenters. The van der Waals surface area contributed by atoms with Gasteiger partial charge in [0.05, 0.1) is 17.2 Å². The minimum absolute atomic E-state index is 0.181. The zero-order valence-electron chi connectivity index (χ0n) is 15.4. The van der Waals surface area contributed by atoms with Crippen molar-refractivity contribution in [1.82, 2.24) is 0 Å². The van der Waals surface area contributed by atoms with Crippen molar-refractivity contribution in [2.75, 3.05) is 18.1 Å². The molecule has 1 aliphatic rings. The number of hydrogen-bond donors (Lipinski definition) is 0. The number of carbonyl (C=O) groups is 2. The normalized spacial score (nSPS) is 15.5. The summed E-state index contributed by atoms with van der Waals surface area (Å²) in [6.07, 6.45) is 0.226. The molecular weight excluding hydrogens is 364 g/mol. The summed E-state index contributed by atoms with van der Waals surface area (Å²) in [6, 6.07) is 13.5. The van der Waals surface area contributed by atoms with Crippen molar-refractivity contribution in [3.63, 3.8) is 0 Å². The molecule has 1 heterocycles. The van der Waals surface area contributed by atoms with Crippen LogP contribution in [0.15, 0.2) is 48.5 Å². The average molecular weight is 384 g/mol. The SMILES string of the molecule is CCC1Oc2ccc([N+](=O)[O-])cc2N(CC(=O)OCCc2ccccc2)C1=O. The fraction of sp³-hybridized carbons (Fsp3) is 0.300. The van der Waals surface area contributed by atoms with Crippen molar-refractivity contribution in [1.29, 1.82) is 0 Å². The van der Waals surface area contributed by atoms with Gasteiger partial charge in [-0.15, -0.1) is 0 Å². The minimum atomic E-state index is -0.744. The highest BCUT2D eigenvalue weighted by Crippen LogP contribution is 2.37. The van der Waals surface area contributed by atoms with E-state index >= 15 is 0 Å². The Bertz CT molecular complexity index is 884. The Morgan fingerprint density at radius 1 is 1.25 bits per heavy atom. The number of nitro benzene ring substituents is 1. The van der Waals surface area contributed by atoms with Crippen molar-refractivity contribution in [3.8, 4) is 5.75 Å². The monoisotopic (exact) mass is 384 g/mol. The van der Waals surface area contributed by atoms with Gasteiger partial charge in [-0.05, 0) is 18.1 Å². The van der Waals surface area contributed by atoms with E-state index in [-0.39, 0.29) is 24.5 Å². The first-order valence-corrected chi connectivity index (χ1v) is 8.95. The molecular formula is C20H20N2O6. The molecule has 0 radical (unpaired) electrons. The number of amides is 1. The summed E-state index contributed by atoms with van der Waals surface area (Å²) in [5.41, 5.74) is 1.04. The van der Waals surface area contributed by atoms with Crippen molar-refractivity contribution in [2.24, 2.45) is 0 Å². The molecule has 0 aromatic heterocycles. The minimum Gasteiger partial charge on any atom is -0.478 e. The van der Waals surface area contributed by atoms with Gasteiger partial charge >= 0.3 is 5.97 Å². The molecule has 0 saturated carbocycles. The van der Waals surface area contributed by atoms with Crippen LogP contribution in [0.3, 0.4) is 0 Å². The molecule has 0 aliphatic carbocycles. The Balaban J connectivity index is 1.72. The number of fused-ring (bicyclic) bond motifs is 1. The van der Waals surface area contributed by atoms with E-state index in [0.717, 1.165) is 5.56 Å². The standard InChI is InChI=1S/C20H20N2O6/c1-2-17-20(24)21(16-12-15(22(25)26)8-9-18(16)28-17)13-19(23)27-11-10-14-6-4-3-5-7-14/h3-9,12,17H,2,10-11,13H2,1H3. The van der Waals surface area contributed by atoms with E-state index in [1.54, 1.807) is 6.92 Å². The Morgan fingerprint density at radius 3 is 2.68 bits per heavy atom. The summed E-state index contributed by atoms with van der Waals surface area (Å²) in [5, 5.41) is 11.1. The molecule has 0 saturated heterocycles. The zero-order chi connectivity index (χ0) is 20.1. The van der Waals surface area contributed by atoms with E-state index in [1.807, 2.05) is 30.3 Å². The molecule has 1 unspecified atom stereocenters.